The van der Waals surface area contributed by atoms with E-state index in [0.717, 1.165) is 34.0 Å². The van der Waals surface area contributed by atoms with Crippen LogP contribution in [-0.4, -0.2) is 32.2 Å². The third-order valence-electron chi connectivity index (χ3n) is 4.05. The number of halogens is 1. The lowest BCUT2D eigenvalue weighted by atomic mass is 10.1. The summed E-state index contributed by atoms with van der Waals surface area (Å²) >= 11 is 6.77. The minimum Gasteiger partial charge on any atom is -0.348 e. The number of rotatable bonds is 5. The van der Waals surface area contributed by atoms with E-state index in [1.54, 1.807) is 0 Å². The number of hydrogen-bond donors (Lipinski definition) is 1. The van der Waals surface area contributed by atoms with Crippen molar-refractivity contribution < 1.29 is 13.2 Å². The summed E-state index contributed by atoms with van der Waals surface area (Å²) in [4.78, 5) is 12.3. The Labute approximate surface area is 150 Å². The molecule has 0 saturated carbocycles. The van der Waals surface area contributed by atoms with E-state index < -0.39 is 10.0 Å². The minimum atomic E-state index is -3.70. The number of nitrogens with zero attached hydrogens (tertiary/aromatic N) is 1. The summed E-state index contributed by atoms with van der Waals surface area (Å²) in [6, 6.07) is 10.9. The summed E-state index contributed by atoms with van der Waals surface area (Å²) in [7, 11) is -2.31. The van der Waals surface area contributed by atoms with Crippen molar-refractivity contribution >= 4 is 38.9 Å². The molecule has 128 valence electrons. The van der Waals surface area contributed by atoms with Gasteiger partial charge in [-0.15, -0.1) is 11.3 Å². The first-order valence-electron chi connectivity index (χ1n) is 7.47. The summed E-state index contributed by atoms with van der Waals surface area (Å²) in [5, 5.41) is 2.93. The van der Waals surface area contributed by atoms with Gasteiger partial charge in [-0.25, -0.2) is 8.42 Å². The fraction of sp³-hybridized carbons (Fsp3) is 0.312. The van der Waals surface area contributed by atoms with Crippen LogP contribution in [0, 0.1) is 0 Å². The van der Waals surface area contributed by atoms with Gasteiger partial charge in [-0.05, 0) is 36.1 Å². The lowest BCUT2D eigenvalue weighted by Crippen LogP contribution is -2.39. The second kappa shape index (κ2) is 6.84. The van der Waals surface area contributed by atoms with Crippen molar-refractivity contribution in [2.45, 2.75) is 23.1 Å². The fourth-order valence-corrected chi connectivity index (χ4v) is 5.64. The van der Waals surface area contributed by atoms with E-state index >= 15 is 0 Å². The molecule has 1 heterocycles. The molecule has 1 aliphatic rings. The Morgan fingerprint density at radius 3 is 2.79 bits per heavy atom. The van der Waals surface area contributed by atoms with E-state index in [1.807, 2.05) is 18.2 Å². The van der Waals surface area contributed by atoms with Crippen LogP contribution >= 0.6 is 22.9 Å². The number of carbonyl (C=O) groups is 1. The first-order valence-corrected chi connectivity index (χ1v) is 10.1. The van der Waals surface area contributed by atoms with Gasteiger partial charge in [0.05, 0.1) is 16.9 Å². The number of aryl methyl sites for hydroxylation is 1. The molecule has 1 aromatic heterocycles. The van der Waals surface area contributed by atoms with Gasteiger partial charge in [0.25, 0.3) is 10.0 Å². The van der Waals surface area contributed by atoms with E-state index in [4.69, 9.17) is 11.6 Å². The second-order valence-electron chi connectivity index (χ2n) is 5.68. The molecule has 0 saturated heterocycles. The van der Waals surface area contributed by atoms with Crippen molar-refractivity contribution in [3.63, 3.8) is 0 Å². The number of carbonyl (C=O) groups excluding carboxylic acids is 1. The summed E-state index contributed by atoms with van der Waals surface area (Å²) in [5.41, 5.74) is 2.35. The molecule has 0 fully saturated rings. The molecule has 0 spiro atoms. The Morgan fingerprint density at radius 1 is 1.33 bits per heavy atom. The summed E-state index contributed by atoms with van der Waals surface area (Å²) in [6.45, 7) is -0.226. The van der Waals surface area contributed by atoms with Crippen LogP contribution in [0.2, 0.25) is 4.34 Å². The molecule has 0 aliphatic heterocycles. The van der Waals surface area contributed by atoms with Gasteiger partial charge in [-0.1, -0.05) is 35.9 Å². The average molecular weight is 385 g/mol. The lowest BCUT2D eigenvalue weighted by molar-refractivity contribution is -0.121. The van der Waals surface area contributed by atoms with Crippen molar-refractivity contribution in [2.24, 2.45) is 0 Å². The zero-order valence-corrected chi connectivity index (χ0v) is 15.4. The molecule has 24 heavy (non-hydrogen) atoms. The topological polar surface area (TPSA) is 66.5 Å². The summed E-state index contributed by atoms with van der Waals surface area (Å²) in [6.07, 6.45) is 1.75. The van der Waals surface area contributed by atoms with E-state index in [2.05, 4.69) is 11.4 Å². The normalized spacial score (nSPS) is 17.0. The molecule has 2 aromatic rings. The highest BCUT2D eigenvalue weighted by Crippen LogP contribution is 2.31. The van der Waals surface area contributed by atoms with Crippen molar-refractivity contribution in [2.75, 3.05) is 13.6 Å². The Morgan fingerprint density at radius 2 is 2.08 bits per heavy atom. The van der Waals surface area contributed by atoms with Crippen LogP contribution in [0.4, 0.5) is 0 Å². The van der Waals surface area contributed by atoms with E-state index in [1.165, 1.54) is 24.7 Å². The van der Waals surface area contributed by atoms with Gasteiger partial charge in [0.15, 0.2) is 0 Å². The standard InChI is InChI=1S/C16H17ClN2O3S2/c1-19(24(21,22)16-9-8-14(17)23-16)10-15(20)18-13-7-6-11-4-2-3-5-12(11)13/h2-5,8-9,13H,6-7,10H2,1H3,(H,18,20). The largest absolute Gasteiger partial charge is 0.348 e. The Bertz CT molecular complexity index is 864. The SMILES string of the molecule is CN(CC(=O)NC1CCc2ccccc21)S(=O)(=O)c1ccc(Cl)s1. The maximum atomic E-state index is 12.4. The maximum Gasteiger partial charge on any atom is 0.252 e. The highest BCUT2D eigenvalue weighted by Gasteiger charge is 2.27. The molecule has 0 bridgehead atoms. The first kappa shape index (κ1) is 17.4. The smallest absolute Gasteiger partial charge is 0.252 e. The van der Waals surface area contributed by atoms with Crippen LogP contribution in [0.1, 0.15) is 23.6 Å². The Hall–Kier alpha value is -1.41. The highest BCUT2D eigenvalue weighted by atomic mass is 35.5. The second-order valence-corrected chi connectivity index (χ2v) is 9.66. The molecule has 1 N–H and O–H groups in total. The van der Waals surface area contributed by atoms with Gasteiger partial charge in [-0.3, -0.25) is 4.79 Å². The molecule has 8 heteroatoms. The molecule has 1 aromatic carbocycles. The molecular weight excluding hydrogens is 368 g/mol. The van der Waals surface area contributed by atoms with Gasteiger partial charge in [-0.2, -0.15) is 4.31 Å². The number of thiophene rings is 1. The first-order chi connectivity index (χ1) is 11.4. The van der Waals surface area contributed by atoms with Crippen molar-refractivity contribution in [1.29, 1.82) is 0 Å². The van der Waals surface area contributed by atoms with E-state index in [-0.39, 0.29) is 22.7 Å². The number of nitrogens with one attached hydrogen (secondary N) is 1. The molecule has 0 radical (unpaired) electrons. The molecule has 1 amide bonds. The van der Waals surface area contributed by atoms with Crippen LogP contribution in [0.15, 0.2) is 40.6 Å². The third kappa shape index (κ3) is 3.49. The molecule has 1 atom stereocenters. The number of benzene rings is 1. The molecule has 1 unspecified atom stereocenters. The van der Waals surface area contributed by atoms with Crippen molar-refractivity contribution in [3.05, 3.63) is 51.9 Å². The predicted octanol–water partition coefficient (Wildman–Crippen LogP) is 2.83. The zero-order valence-electron chi connectivity index (χ0n) is 13.0. The molecular formula is C16H17ClN2O3S2. The van der Waals surface area contributed by atoms with Gasteiger partial charge in [0.2, 0.25) is 5.91 Å². The minimum absolute atomic E-state index is 0.0546. The van der Waals surface area contributed by atoms with Crippen molar-refractivity contribution in [3.8, 4) is 0 Å². The summed E-state index contributed by atoms with van der Waals surface area (Å²) in [5.74, 6) is -0.314. The third-order valence-corrected chi connectivity index (χ3v) is 7.55. The fourth-order valence-electron chi connectivity index (χ4n) is 2.82. The van der Waals surface area contributed by atoms with Crippen LogP contribution in [0.5, 0.6) is 0 Å². The number of likely N-dealkylation sites (N-methyl/N-ethyl adjacent to an activating group) is 1. The van der Waals surface area contributed by atoms with Crippen molar-refractivity contribution in [1.82, 2.24) is 9.62 Å². The zero-order chi connectivity index (χ0) is 17.3. The molecule has 3 rings (SSSR count). The average Bonchev–Trinajstić information content (AvgIpc) is 3.14. The van der Waals surface area contributed by atoms with Gasteiger partial charge in [0, 0.05) is 7.05 Å². The Kier molecular flexibility index (Phi) is 4.96. The van der Waals surface area contributed by atoms with Crippen LogP contribution in [-0.2, 0) is 21.2 Å². The van der Waals surface area contributed by atoms with E-state index in [9.17, 15) is 13.2 Å². The number of amides is 1. The number of hydrogen-bond acceptors (Lipinski definition) is 4. The van der Waals surface area contributed by atoms with Crippen LogP contribution < -0.4 is 5.32 Å². The molecule has 1 aliphatic carbocycles. The molecule has 5 nitrogen and oxygen atoms in total. The van der Waals surface area contributed by atoms with Gasteiger partial charge in [0.1, 0.15) is 4.21 Å². The Balaban J connectivity index is 1.65. The highest BCUT2D eigenvalue weighted by molar-refractivity contribution is 7.91. The monoisotopic (exact) mass is 384 g/mol. The predicted molar refractivity (Wildman–Crippen MR) is 94.8 cm³/mol. The van der Waals surface area contributed by atoms with E-state index in [0.29, 0.717) is 4.34 Å². The lowest BCUT2D eigenvalue weighted by Gasteiger charge is -2.18. The number of fused-ring (bicyclic) bond motifs is 1. The van der Waals surface area contributed by atoms with Gasteiger partial charge >= 0.3 is 0 Å². The van der Waals surface area contributed by atoms with Crippen LogP contribution in [0.3, 0.4) is 0 Å². The van der Waals surface area contributed by atoms with Gasteiger partial charge < -0.3 is 5.32 Å². The summed E-state index contributed by atoms with van der Waals surface area (Å²) < 4.78 is 26.4. The maximum absolute atomic E-state index is 12.4. The number of sulfonamides is 1. The van der Waals surface area contributed by atoms with Crippen LogP contribution in [0.25, 0.3) is 0 Å². The quantitative estimate of drug-likeness (QED) is 0.861.